The molecular formula is C15H13N5O2S. The lowest BCUT2D eigenvalue weighted by molar-refractivity contribution is 0.0702. The average molecular weight is 327 g/mol. The molecule has 0 saturated carbocycles. The highest BCUT2D eigenvalue weighted by molar-refractivity contribution is 7.17. The van der Waals surface area contributed by atoms with Gasteiger partial charge in [-0.2, -0.15) is 0 Å². The van der Waals surface area contributed by atoms with Crippen LogP contribution in [0.1, 0.15) is 15.2 Å². The van der Waals surface area contributed by atoms with Crippen LogP contribution in [0.2, 0.25) is 0 Å². The van der Waals surface area contributed by atoms with Crippen molar-refractivity contribution in [3.8, 4) is 0 Å². The van der Waals surface area contributed by atoms with Gasteiger partial charge >= 0.3 is 5.97 Å². The van der Waals surface area contributed by atoms with Crippen LogP contribution in [0.25, 0.3) is 0 Å². The molecule has 3 rings (SSSR count). The normalized spacial score (nSPS) is 10.3. The molecule has 8 heteroatoms. The molecule has 0 aliphatic rings. The van der Waals surface area contributed by atoms with Gasteiger partial charge in [0, 0.05) is 12.6 Å². The lowest BCUT2D eigenvalue weighted by Gasteiger charge is -2.07. The zero-order valence-corrected chi connectivity index (χ0v) is 12.7. The molecule has 116 valence electrons. The van der Waals surface area contributed by atoms with Gasteiger partial charge in [-0.05, 0) is 5.56 Å². The van der Waals surface area contributed by atoms with Gasteiger partial charge in [0.15, 0.2) is 5.13 Å². The lowest BCUT2D eigenvalue weighted by Crippen LogP contribution is -2.02. The van der Waals surface area contributed by atoms with Crippen LogP contribution in [-0.2, 0) is 6.54 Å². The van der Waals surface area contributed by atoms with Crippen molar-refractivity contribution in [2.24, 2.45) is 0 Å². The monoisotopic (exact) mass is 327 g/mol. The van der Waals surface area contributed by atoms with Crippen molar-refractivity contribution < 1.29 is 9.90 Å². The third kappa shape index (κ3) is 4.01. The highest BCUT2D eigenvalue weighted by Gasteiger charge is 2.09. The lowest BCUT2D eigenvalue weighted by atomic mass is 10.2. The Bertz CT molecular complexity index is 806. The van der Waals surface area contributed by atoms with E-state index < -0.39 is 5.97 Å². The highest BCUT2D eigenvalue weighted by Crippen LogP contribution is 2.22. The molecule has 3 aromatic rings. The summed E-state index contributed by atoms with van der Waals surface area (Å²) in [6, 6.07) is 11.7. The number of rotatable bonds is 6. The van der Waals surface area contributed by atoms with Gasteiger partial charge in [-0.3, -0.25) is 0 Å². The molecule has 3 N–H and O–H groups in total. The van der Waals surface area contributed by atoms with Crippen molar-refractivity contribution in [2.45, 2.75) is 6.54 Å². The van der Waals surface area contributed by atoms with E-state index in [0.717, 1.165) is 16.9 Å². The average Bonchev–Trinajstić information content (AvgIpc) is 3.03. The van der Waals surface area contributed by atoms with Crippen molar-refractivity contribution in [1.29, 1.82) is 0 Å². The Balaban J connectivity index is 1.65. The number of nitrogens with zero attached hydrogens (tertiary/aromatic N) is 3. The summed E-state index contributed by atoms with van der Waals surface area (Å²) in [5.41, 5.74) is 1.15. The molecule has 0 radical (unpaired) electrons. The molecule has 2 heterocycles. The summed E-state index contributed by atoms with van der Waals surface area (Å²) in [6.45, 7) is 0.651. The second kappa shape index (κ2) is 6.84. The third-order valence-electron chi connectivity index (χ3n) is 2.94. The fourth-order valence-electron chi connectivity index (χ4n) is 1.85. The molecule has 0 unspecified atom stereocenters. The Morgan fingerprint density at radius 2 is 1.91 bits per heavy atom. The second-order valence-corrected chi connectivity index (χ2v) is 5.62. The number of carboxylic acid groups (broad SMARTS) is 1. The summed E-state index contributed by atoms with van der Waals surface area (Å²) in [5, 5.41) is 15.5. The Kier molecular flexibility index (Phi) is 4.44. The maximum atomic E-state index is 10.8. The molecule has 2 aromatic heterocycles. The smallest absolute Gasteiger partial charge is 0.347 e. The summed E-state index contributed by atoms with van der Waals surface area (Å²) in [7, 11) is 0. The van der Waals surface area contributed by atoms with E-state index in [1.54, 1.807) is 6.07 Å². The molecule has 0 atom stereocenters. The first-order valence-corrected chi connectivity index (χ1v) is 7.58. The SMILES string of the molecule is O=C(O)c1cnc(Nc2cc(NCc3ccccc3)ncn2)s1. The quantitative estimate of drug-likeness (QED) is 0.640. The number of hydrogen-bond donors (Lipinski definition) is 3. The van der Waals surface area contributed by atoms with Crippen LogP contribution in [-0.4, -0.2) is 26.0 Å². The Labute approximate surface area is 136 Å². The standard InChI is InChI=1S/C15H13N5O2S/c21-14(22)11-8-17-15(23-11)20-13-6-12(18-9-19-13)16-7-10-4-2-1-3-5-10/h1-6,8-9H,7H2,(H,21,22)(H2,16,17,18,19,20). The van der Waals surface area contributed by atoms with E-state index in [-0.39, 0.29) is 4.88 Å². The van der Waals surface area contributed by atoms with Crippen LogP contribution in [0, 0.1) is 0 Å². The summed E-state index contributed by atoms with van der Waals surface area (Å²) in [5.74, 6) is 0.215. The fraction of sp³-hybridized carbons (Fsp3) is 0.0667. The number of thiazole rings is 1. The van der Waals surface area contributed by atoms with Gasteiger partial charge in [-0.1, -0.05) is 41.7 Å². The van der Waals surface area contributed by atoms with Gasteiger partial charge in [0.05, 0.1) is 6.20 Å². The summed E-state index contributed by atoms with van der Waals surface area (Å²) >= 11 is 1.05. The Hall–Kier alpha value is -3.00. The largest absolute Gasteiger partial charge is 0.477 e. The Morgan fingerprint density at radius 3 is 2.65 bits per heavy atom. The van der Waals surface area contributed by atoms with Crippen molar-refractivity contribution in [3.05, 3.63) is 59.4 Å². The minimum absolute atomic E-state index is 0.170. The van der Waals surface area contributed by atoms with Crippen LogP contribution < -0.4 is 10.6 Å². The maximum Gasteiger partial charge on any atom is 0.347 e. The molecular weight excluding hydrogens is 314 g/mol. The van der Waals surface area contributed by atoms with Crippen LogP contribution >= 0.6 is 11.3 Å². The highest BCUT2D eigenvalue weighted by atomic mass is 32.1. The minimum atomic E-state index is -0.997. The van der Waals surface area contributed by atoms with Crippen molar-refractivity contribution >= 4 is 34.1 Å². The van der Waals surface area contributed by atoms with Crippen LogP contribution in [0.15, 0.2) is 48.9 Å². The summed E-state index contributed by atoms with van der Waals surface area (Å²) < 4.78 is 0. The molecule has 0 fully saturated rings. The van der Waals surface area contributed by atoms with E-state index in [1.165, 1.54) is 12.5 Å². The number of aromatic carboxylic acids is 1. The summed E-state index contributed by atoms with van der Waals surface area (Å²) in [6.07, 6.45) is 2.74. The van der Waals surface area contributed by atoms with Gasteiger partial charge in [0.25, 0.3) is 0 Å². The van der Waals surface area contributed by atoms with E-state index in [9.17, 15) is 4.79 Å². The van der Waals surface area contributed by atoms with Crippen LogP contribution in [0.3, 0.4) is 0 Å². The van der Waals surface area contributed by atoms with Gasteiger partial charge in [0.1, 0.15) is 22.8 Å². The topological polar surface area (TPSA) is 100 Å². The fourth-order valence-corrected chi connectivity index (χ4v) is 2.51. The van der Waals surface area contributed by atoms with Crippen LogP contribution in [0.4, 0.5) is 16.8 Å². The number of hydrogen-bond acceptors (Lipinski definition) is 7. The third-order valence-corrected chi connectivity index (χ3v) is 3.84. The number of carboxylic acids is 1. The van der Waals surface area contributed by atoms with Crippen LogP contribution in [0.5, 0.6) is 0 Å². The predicted molar refractivity (Wildman–Crippen MR) is 88.2 cm³/mol. The molecule has 0 spiro atoms. The summed E-state index contributed by atoms with van der Waals surface area (Å²) in [4.78, 5) is 23.3. The van der Waals surface area contributed by atoms with Gasteiger partial charge in [-0.25, -0.2) is 19.7 Å². The molecule has 23 heavy (non-hydrogen) atoms. The van der Waals surface area contributed by atoms with E-state index in [2.05, 4.69) is 25.6 Å². The van der Waals surface area contributed by atoms with Gasteiger partial charge in [-0.15, -0.1) is 0 Å². The number of nitrogens with one attached hydrogen (secondary N) is 2. The zero-order valence-electron chi connectivity index (χ0n) is 11.9. The molecule has 0 aliphatic heterocycles. The number of aromatic nitrogens is 3. The van der Waals surface area contributed by atoms with Crippen molar-refractivity contribution in [1.82, 2.24) is 15.0 Å². The molecule has 0 bridgehead atoms. The van der Waals surface area contributed by atoms with Crippen molar-refractivity contribution in [3.63, 3.8) is 0 Å². The van der Waals surface area contributed by atoms with E-state index in [0.29, 0.717) is 23.3 Å². The van der Waals surface area contributed by atoms with E-state index in [1.807, 2.05) is 30.3 Å². The first-order chi connectivity index (χ1) is 11.2. The second-order valence-electron chi connectivity index (χ2n) is 4.59. The minimum Gasteiger partial charge on any atom is -0.477 e. The zero-order chi connectivity index (χ0) is 16.1. The van der Waals surface area contributed by atoms with E-state index in [4.69, 9.17) is 5.11 Å². The number of carbonyl (C=O) groups is 1. The first-order valence-electron chi connectivity index (χ1n) is 6.77. The molecule has 0 saturated heterocycles. The van der Waals surface area contributed by atoms with Crippen molar-refractivity contribution in [2.75, 3.05) is 10.6 Å². The maximum absolute atomic E-state index is 10.8. The number of benzene rings is 1. The van der Waals surface area contributed by atoms with Gasteiger partial charge in [0.2, 0.25) is 0 Å². The molecule has 1 aromatic carbocycles. The molecule has 0 amide bonds. The molecule has 0 aliphatic carbocycles. The molecule has 7 nitrogen and oxygen atoms in total. The Morgan fingerprint density at radius 1 is 1.13 bits per heavy atom. The van der Waals surface area contributed by atoms with E-state index >= 15 is 0 Å². The predicted octanol–water partition coefficient (Wildman–Crippen LogP) is 2.99. The first kappa shape index (κ1) is 14.9. The number of anilines is 3. The van der Waals surface area contributed by atoms with Gasteiger partial charge < -0.3 is 15.7 Å².